The molecule has 0 spiro atoms. The summed E-state index contributed by atoms with van der Waals surface area (Å²) in [4.78, 5) is 39.0. The van der Waals surface area contributed by atoms with Crippen molar-refractivity contribution in [1.82, 2.24) is 20.3 Å². The number of nitrogens with zero attached hydrogens (tertiary/aromatic N) is 2. The van der Waals surface area contributed by atoms with Gasteiger partial charge in [-0.15, -0.1) is 11.3 Å². The Balaban J connectivity index is 1.57. The van der Waals surface area contributed by atoms with Crippen LogP contribution in [0.2, 0.25) is 5.02 Å². The number of benzene rings is 1. The second kappa shape index (κ2) is 9.19. The minimum Gasteiger partial charge on any atom is -0.349 e. The number of aromatic amines is 1. The number of aryl methyl sites for hydroxylation is 1. The van der Waals surface area contributed by atoms with E-state index in [2.05, 4.69) is 46.4 Å². The van der Waals surface area contributed by atoms with Crippen LogP contribution in [0.3, 0.4) is 0 Å². The van der Waals surface area contributed by atoms with Gasteiger partial charge >= 0.3 is 0 Å². The highest BCUT2D eigenvalue weighted by Crippen LogP contribution is 2.30. The van der Waals surface area contributed by atoms with Crippen LogP contribution in [-0.2, 0) is 0 Å². The topological polar surface area (TPSA) is 99.8 Å². The highest BCUT2D eigenvalue weighted by atomic mass is 35.5. The summed E-state index contributed by atoms with van der Waals surface area (Å²) >= 11 is 7.53. The van der Waals surface area contributed by atoms with Gasteiger partial charge < -0.3 is 15.6 Å². The van der Waals surface area contributed by atoms with Crippen LogP contribution in [0.15, 0.2) is 42.7 Å². The van der Waals surface area contributed by atoms with Crippen LogP contribution >= 0.6 is 22.9 Å². The Labute approximate surface area is 207 Å². The first kappa shape index (κ1) is 23.9. The van der Waals surface area contributed by atoms with Crippen LogP contribution in [0.5, 0.6) is 0 Å². The minimum absolute atomic E-state index is 0.0264. The number of carbonyl (C=O) groups is 2. The number of halogens is 1. The minimum atomic E-state index is -0.256. The molecule has 1 atom stereocenters. The molecule has 0 aliphatic carbocycles. The Hall–Kier alpha value is -3.23. The van der Waals surface area contributed by atoms with Crippen LogP contribution < -0.4 is 10.6 Å². The molecule has 4 rings (SSSR count). The van der Waals surface area contributed by atoms with Gasteiger partial charge in [-0.1, -0.05) is 38.4 Å². The van der Waals surface area contributed by atoms with Crippen LogP contribution in [0, 0.1) is 12.3 Å². The second-order valence-electron chi connectivity index (χ2n) is 9.32. The van der Waals surface area contributed by atoms with Gasteiger partial charge in [-0.2, -0.15) is 0 Å². The van der Waals surface area contributed by atoms with Gasteiger partial charge in [0.15, 0.2) is 5.65 Å². The molecule has 0 radical (unpaired) electrons. The lowest BCUT2D eigenvalue weighted by Gasteiger charge is -2.27. The average Bonchev–Trinajstić information content (AvgIpc) is 3.42. The predicted octanol–water partition coefficient (Wildman–Crippen LogP) is 6.06. The number of hydrogen-bond acceptors (Lipinski definition) is 5. The summed E-state index contributed by atoms with van der Waals surface area (Å²) in [7, 11) is 0. The maximum Gasteiger partial charge on any atom is 0.265 e. The summed E-state index contributed by atoms with van der Waals surface area (Å²) in [5.41, 5.74) is 3.53. The molecule has 7 nitrogen and oxygen atoms in total. The molecule has 0 saturated heterocycles. The molecule has 0 saturated carbocycles. The molecule has 0 fully saturated rings. The van der Waals surface area contributed by atoms with Crippen molar-refractivity contribution in [2.75, 3.05) is 5.32 Å². The van der Waals surface area contributed by atoms with Crippen molar-refractivity contribution < 1.29 is 9.59 Å². The van der Waals surface area contributed by atoms with Crippen molar-refractivity contribution in [1.29, 1.82) is 0 Å². The maximum atomic E-state index is 12.9. The molecule has 1 aromatic carbocycles. The van der Waals surface area contributed by atoms with Crippen LogP contribution in [0.4, 0.5) is 5.69 Å². The molecule has 3 N–H and O–H groups in total. The Bertz CT molecular complexity index is 1390. The maximum absolute atomic E-state index is 12.9. The van der Waals surface area contributed by atoms with Crippen molar-refractivity contribution in [3.63, 3.8) is 0 Å². The van der Waals surface area contributed by atoms with Gasteiger partial charge in [-0.25, -0.2) is 9.97 Å². The number of rotatable bonds is 5. The molecular weight excluding hydrogens is 470 g/mol. The highest BCUT2D eigenvalue weighted by Gasteiger charge is 2.24. The van der Waals surface area contributed by atoms with E-state index in [0.29, 0.717) is 38.0 Å². The smallest absolute Gasteiger partial charge is 0.265 e. The zero-order valence-corrected chi connectivity index (χ0v) is 21.2. The molecule has 0 aliphatic rings. The molecular formula is C25H26ClN5O2S. The number of H-pyrrole nitrogens is 1. The van der Waals surface area contributed by atoms with E-state index in [1.54, 1.807) is 30.6 Å². The van der Waals surface area contributed by atoms with E-state index in [9.17, 15) is 9.59 Å². The van der Waals surface area contributed by atoms with E-state index in [0.717, 1.165) is 10.4 Å². The van der Waals surface area contributed by atoms with E-state index in [-0.39, 0.29) is 23.3 Å². The van der Waals surface area contributed by atoms with E-state index < -0.39 is 0 Å². The average molecular weight is 496 g/mol. The van der Waals surface area contributed by atoms with E-state index >= 15 is 0 Å². The number of anilines is 1. The molecule has 1 unspecified atom stereocenters. The normalized spacial score (nSPS) is 12.5. The molecule has 3 heterocycles. The number of aromatic nitrogens is 3. The van der Waals surface area contributed by atoms with Gasteiger partial charge in [0.25, 0.3) is 11.8 Å². The zero-order chi connectivity index (χ0) is 24.6. The summed E-state index contributed by atoms with van der Waals surface area (Å²) in [6.45, 7) is 10.1. The molecule has 34 heavy (non-hydrogen) atoms. The summed E-state index contributed by atoms with van der Waals surface area (Å²) in [6.07, 6.45) is 3.25. The standard InChI is InChI=1S/C25H26ClN5O2S/c1-13-6-7-17(16(26)10-13)31-24(33)20-9-8-19(34-20)18-12-28-22-21(30-18)15(11-27-22)23(32)29-14(2)25(3,4)5/h6-12,14H,1-5H3,(H,27,28)(H,29,32)(H,31,33). The van der Waals surface area contributed by atoms with Crippen molar-refractivity contribution in [3.8, 4) is 10.6 Å². The summed E-state index contributed by atoms with van der Waals surface area (Å²) in [6, 6.07) is 9.00. The predicted molar refractivity (Wildman–Crippen MR) is 138 cm³/mol. The fourth-order valence-corrected chi connectivity index (χ4v) is 4.32. The Morgan fingerprint density at radius 1 is 1.15 bits per heavy atom. The van der Waals surface area contributed by atoms with Gasteiger partial charge in [-0.3, -0.25) is 9.59 Å². The third-order valence-electron chi connectivity index (χ3n) is 5.73. The lowest BCUT2D eigenvalue weighted by Crippen LogP contribution is -2.41. The largest absolute Gasteiger partial charge is 0.349 e. The lowest BCUT2D eigenvalue weighted by molar-refractivity contribution is 0.0911. The van der Waals surface area contributed by atoms with E-state index in [1.807, 2.05) is 26.0 Å². The third kappa shape index (κ3) is 4.98. The Kier molecular flexibility index (Phi) is 6.47. The number of carbonyl (C=O) groups excluding carboxylic acids is 2. The Morgan fingerprint density at radius 3 is 2.62 bits per heavy atom. The first-order valence-electron chi connectivity index (χ1n) is 10.9. The fraction of sp³-hybridized carbons (Fsp3) is 0.280. The van der Waals surface area contributed by atoms with Crippen LogP contribution in [0.1, 0.15) is 53.3 Å². The lowest BCUT2D eigenvalue weighted by atomic mass is 9.88. The highest BCUT2D eigenvalue weighted by molar-refractivity contribution is 7.17. The van der Waals surface area contributed by atoms with Gasteiger partial charge in [-0.05, 0) is 49.1 Å². The van der Waals surface area contributed by atoms with Gasteiger partial charge in [0.2, 0.25) is 0 Å². The summed E-state index contributed by atoms with van der Waals surface area (Å²) in [5.74, 6) is -0.463. The number of nitrogens with one attached hydrogen (secondary N) is 3. The fourth-order valence-electron chi connectivity index (χ4n) is 3.18. The van der Waals surface area contributed by atoms with Crippen LogP contribution in [-0.4, -0.2) is 32.8 Å². The van der Waals surface area contributed by atoms with Gasteiger partial charge in [0, 0.05) is 12.2 Å². The number of fused-ring (bicyclic) bond motifs is 1. The van der Waals surface area contributed by atoms with Gasteiger partial charge in [0.05, 0.1) is 37.9 Å². The zero-order valence-electron chi connectivity index (χ0n) is 19.6. The van der Waals surface area contributed by atoms with Crippen molar-refractivity contribution in [3.05, 3.63) is 63.8 Å². The van der Waals surface area contributed by atoms with Crippen molar-refractivity contribution >= 4 is 51.6 Å². The first-order chi connectivity index (χ1) is 16.0. The van der Waals surface area contributed by atoms with E-state index in [4.69, 9.17) is 11.6 Å². The first-order valence-corrected chi connectivity index (χ1v) is 12.0. The quantitative estimate of drug-likeness (QED) is 0.313. The number of amides is 2. The van der Waals surface area contributed by atoms with Gasteiger partial charge in [0.1, 0.15) is 5.52 Å². The number of hydrogen-bond donors (Lipinski definition) is 3. The second-order valence-corrected chi connectivity index (χ2v) is 10.8. The molecule has 3 aromatic heterocycles. The van der Waals surface area contributed by atoms with Crippen molar-refractivity contribution in [2.24, 2.45) is 5.41 Å². The molecule has 4 aromatic rings. The number of thiophene rings is 1. The Morgan fingerprint density at radius 2 is 1.91 bits per heavy atom. The molecule has 9 heteroatoms. The SMILES string of the molecule is Cc1ccc(NC(=O)c2ccc(-c3cnc4[nH]cc(C(=O)NC(C)C(C)(C)C)c4n3)s2)c(Cl)c1. The molecule has 2 amide bonds. The summed E-state index contributed by atoms with van der Waals surface area (Å²) < 4.78 is 0. The monoisotopic (exact) mass is 495 g/mol. The van der Waals surface area contributed by atoms with Crippen LogP contribution in [0.25, 0.3) is 21.7 Å². The molecule has 0 aliphatic heterocycles. The molecule has 0 bridgehead atoms. The summed E-state index contributed by atoms with van der Waals surface area (Å²) in [5, 5.41) is 6.37. The van der Waals surface area contributed by atoms with E-state index in [1.165, 1.54) is 11.3 Å². The van der Waals surface area contributed by atoms with Crippen molar-refractivity contribution in [2.45, 2.75) is 40.7 Å². The third-order valence-corrected chi connectivity index (χ3v) is 7.15. The molecule has 176 valence electrons.